The predicted molar refractivity (Wildman–Crippen MR) is 117 cm³/mol. The van der Waals surface area contributed by atoms with Crippen LogP contribution in [-0.4, -0.2) is 63.2 Å². The van der Waals surface area contributed by atoms with Crippen molar-refractivity contribution in [3.8, 4) is 0 Å². The number of aliphatic hydroxyl groups is 1. The molecule has 0 bridgehead atoms. The van der Waals surface area contributed by atoms with Gasteiger partial charge in [-0.3, -0.25) is 14.0 Å². The highest BCUT2D eigenvalue weighted by atomic mass is 32.1. The van der Waals surface area contributed by atoms with Crippen LogP contribution in [-0.2, 0) is 9.59 Å². The Bertz CT molecular complexity index is 1160. The smallest absolute Gasteiger partial charge is 0.295 e. The zero-order valence-electron chi connectivity index (χ0n) is 17.4. The highest BCUT2D eigenvalue weighted by Gasteiger charge is 2.46. The number of aliphatic hydroxyl groups excluding tert-OH is 1. The molecule has 1 N–H and O–H groups in total. The van der Waals surface area contributed by atoms with Gasteiger partial charge in [-0.05, 0) is 51.0 Å². The molecular formula is C22H24N4O3S. The minimum absolute atomic E-state index is 0.118. The third kappa shape index (κ3) is 3.22. The molecule has 0 aromatic carbocycles. The van der Waals surface area contributed by atoms with Gasteiger partial charge in [-0.15, -0.1) is 11.3 Å². The van der Waals surface area contributed by atoms with E-state index in [1.807, 2.05) is 55.6 Å². The van der Waals surface area contributed by atoms with Gasteiger partial charge < -0.3 is 14.9 Å². The number of amides is 1. The van der Waals surface area contributed by atoms with Crippen LogP contribution in [0.2, 0.25) is 0 Å². The number of Topliss-reactive ketones (excluding diaryl/α,β-unsaturated/α-hetero) is 1. The number of hydrogen-bond donors (Lipinski definition) is 1. The number of thiophene rings is 1. The predicted octanol–water partition coefficient (Wildman–Crippen LogP) is 3.00. The molecule has 4 heterocycles. The van der Waals surface area contributed by atoms with Crippen molar-refractivity contribution >= 4 is 34.4 Å². The summed E-state index contributed by atoms with van der Waals surface area (Å²) in [5.41, 5.74) is 2.84. The second-order valence-electron chi connectivity index (χ2n) is 7.74. The van der Waals surface area contributed by atoms with Gasteiger partial charge in [0.2, 0.25) is 0 Å². The molecule has 1 fully saturated rings. The molecule has 0 aliphatic carbocycles. The molecular weight excluding hydrogens is 400 g/mol. The van der Waals surface area contributed by atoms with Gasteiger partial charge in [-0.1, -0.05) is 12.1 Å². The summed E-state index contributed by atoms with van der Waals surface area (Å²) in [4.78, 5) is 34.9. The van der Waals surface area contributed by atoms with Crippen LogP contribution in [0.15, 0.2) is 41.4 Å². The molecule has 30 heavy (non-hydrogen) atoms. The molecule has 3 aromatic rings. The van der Waals surface area contributed by atoms with Crippen LogP contribution in [0.25, 0.3) is 11.4 Å². The number of carbonyl (C=O) groups excluding carboxylic acids is 2. The van der Waals surface area contributed by atoms with Crippen molar-refractivity contribution in [2.45, 2.75) is 19.9 Å². The third-order valence-electron chi connectivity index (χ3n) is 5.38. The van der Waals surface area contributed by atoms with Crippen LogP contribution in [0.3, 0.4) is 0 Å². The standard InChI is InChI=1S/C22H24N4O3S/c1-13-7-5-9-25-17(14(2)23-21(13)25)19(27)16-18(15-8-6-12-30-15)26(11-10-24(3)4)22(29)20(16)28/h5-9,12,18,27H,10-11H2,1-4H3/t18-/m1/s1. The Labute approximate surface area is 178 Å². The quantitative estimate of drug-likeness (QED) is 0.387. The first-order chi connectivity index (χ1) is 14.3. The second kappa shape index (κ2) is 7.70. The van der Waals surface area contributed by atoms with Gasteiger partial charge in [-0.2, -0.15) is 0 Å². The Morgan fingerprint density at radius 1 is 1.23 bits per heavy atom. The molecule has 156 valence electrons. The molecule has 0 radical (unpaired) electrons. The van der Waals surface area contributed by atoms with Gasteiger partial charge >= 0.3 is 0 Å². The number of rotatable bonds is 5. The number of hydrogen-bond acceptors (Lipinski definition) is 6. The Kier molecular flexibility index (Phi) is 5.21. The molecule has 3 aromatic heterocycles. The van der Waals surface area contributed by atoms with Crippen molar-refractivity contribution < 1.29 is 14.7 Å². The summed E-state index contributed by atoms with van der Waals surface area (Å²) in [6, 6.07) is 6.97. The maximum Gasteiger partial charge on any atom is 0.295 e. The topological polar surface area (TPSA) is 78.1 Å². The number of aryl methyl sites for hydroxylation is 2. The zero-order chi connectivity index (χ0) is 21.6. The van der Waals surface area contributed by atoms with Crippen LogP contribution >= 0.6 is 11.3 Å². The average Bonchev–Trinajstić information content (AvgIpc) is 3.38. The monoisotopic (exact) mass is 424 g/mol. The summed E-state index contributed by atoms with van der Waals surface area (Å²) in [7, 11) is 3.84. The summed E-state index contributed by atoms with van der Waals surface area (Å²) in [6.07, 6.45) is 1.81. The average molecular weight is 425 g/mol. The highest BCUT2D eigenvalue weighted by molar-refractivity contribution is 7.10. The summed E-state index contributed by atoms with van der Waals surface area (Å²) in [5, 5.41) is 13.3. The number of imidazole rings is 1. The van der Waals surface area contributed by atoms with Crippen LogP contribution < -0.4 is 0 Å². The summed E-state index contributed by atoms with van der Waals surface area (Å²) < 4.78 is 1.78. The van der Waals surface area contributed by atoms with Crippen LogP contribution in [0.4, 0.5) is 0 Å². The first-order valence-corrected chi connectivity index (χ1v) is 10.6. The van der Waals surface area contributed by atoms with Crippen molar-refractivity contribution in [3.05, 3.63) is 63.2 Å². The van der Waals surface area contributed by atoms with Gasteiger partial charge in [0, 0.05) is 24.2 Å². The lowest BCUT2D eigenvalue weighted by Gasteiger charge is -2.25. The van der Waals surface area contributed by atoms with Gasteiger partial charge in [0.25, 0.3) is 11.7 Å². The lowest BCUT2D eigenvalue weighted by Crippen LogP contribution is -2.35. The van der Waals surface area contributed by atoms with Crippen LogP contribution in [0.1, 0.15) is 27.9 Å². The molecule has 0 saturated carbocycles. The molecule has 4 rings (SSSR count). The van der Waals surface area contributed by atoms with Crippen molar-refractivity contribution in [1.29, 1.82) is 0 Å². The number of aromatic nitrogens is 2. The molecule has 0 unspecified atom stereocenters. The molecule has 1 atom stereocenters. The number of pyridine rings is 1. The van der Waals surface area contributed by atoms with E-state index in [1.165, 1.54) is 11.3 Å². The number of likely N-dealkylation sites (N-methyl/N-ethyl adjacent to an activating group) is 1. The highest BCUT2D eigenvalue weighted by Crippen LogP contribution is 2.41. The van der Waals surface area contributed by atoms with E-state index >= 15 is 0 Å². The number of fused-ring (bicyclic) bond motifs is 1. The van der Waals surface area contributed by atoms with E-state index < -0.39 is 17.7 Å². The molecule has 8 heteroatoms. The number of carbonyl (C=O) groups is 2. The van der Waals surface area contributed by atoms with Gasteiger partial charge in [-0.25, -0.2) is 4.98 Å². The normalized spacial score (nSPS) is 18.8. The van der Waals surface area contributed by atoms with Crippen molar-refractivity contribution in [3.63, 3.8) is 0 Å². The van der Waals surface area contributed by atoms with E-state index in [-0.39, 0.29) is 11.3 Å². The van der Waals surface area contributed by atoms with Crippen LogP contribution in [0, 0.1) is 13.8 Å². The SMILES string of the molecule is Cc1nc2c(C)cccn2c1C(O)=C1C(=O)C(=O)N(CCN(C)C)[C@@H]1c1cccs1. The minimum Gasteiger partial charge on any atom is -0.505 e. The number of nitrogens with zero attached hydrogens (tertiary/aromatic N) is 4. The fraction of sp³-hybridized carbons (Fsp3) is 0.318. The zero-order valence-corrected chi connectivity index (χ0v) is 18.2. The Balaban J connectivity index is 1.92. The van der Waals surface area contributed by atoms with E-state index in [2.05, 4.69) is 4.98 Å². The maximum atomic E-state index is 13.1. The molecule has 1 aliphatic rings. The Morgan fingerprint density at radius 2 is 2.00 bits per heavy atom. The first-order valence-electron chi connectivity index (χ1n) is 9.72. The summed E-state index contributed by atoms with van der Waals surface area (Å²) >= 11 is 1.46. The maximum absolute atomic E-state index is 13.1. The fourth-order valence-electron chi connectivity index (χ4n) is 3.89. The van der Waals surface area contributed by atoms with Gasteiger partial charge in [0.05, 0.1) is 17.3 Å². The minimum atomic E-state index is -0.661. The van der Waals surface area contributed by atoms with E-state index in [1.54, 1.807) is 22.4 Å². The third-order valence-corrected chi connectivity index (χ3v) is 6.31. The van der Waals surface area contributed by atoms with E-state index in [9.17, 15) is 14.7 Å². The first kappa shape index (κ1) is 20.3. The molecule has 1 saturated heterocycles. The number of likely N-dealkylation sites (tertiary alicyclic amines) is 1. The van der Waals surface area contributed by atoms with E-state index in [4.69, 9.17) is 0 Å². The lowest BCUT2D eigenvalue weighted by atomic mass is 10.0. The van der Waals surface area contributed by atoms with E-state index in [0.29, 0.717) is 30.1 Å². The fourth-order valence-corrected chi connectivity index (χ4v) is 4.74. The van der Waals surface area contributed by atoms with Gasteiger partial charge in [0.1, 0.15) is 11.3 Å². The van der Waals surface area contributed by atoms with Gasteiger partial charge in [0.15, 0.2) is 5.76 Å². The molecule has 0 spiro atoms. The van der Waals surface area contributed by atoms with Crippen molar-refractivity contribution in [2.75, 3.05) is 27.2 Å². The summed E-state index contributed by atoms with van der Waals surface area (Å²) in [6.45, 7) is 4.74. The van der Waals surface area contributed by atoms with E-state index in [0.717, 1.165) is 10.4 Å². The van der Waals surface area contributed by atoms with Crippen molar-refractivity contribution in [2.24, 2.45) is 0 Å². The Morgan fingerprint density at radius 3 is 2.67 bits per heavy atom. The molecule has 1 aliphatic heterocycles. The molecule has 7 nitrogen and oxygen atoms in total. The molecule has 1 amide bonds. The largest absolute Gasteiger partial charge is 0.505 e. The lowest BCUT2D eigenvalue weighted by molar-refractivity contribution is -0.140. The number of ketones is 1. The van der Waals surface area contributed by atoms with Crippen LogP contribution in [0.5, 0.6) is 0 Å². The summed E-state index contributed by atoms with van der Waals surface area (Å²) in [5.74, 6) is -1.43. The van der Waals surface area contributed by atoms with Crippen molar-refractivity contribution in [1.82, 2.24) is 19.2 Å². The second-order valence-corrected chi connectivity index (χ2v) is 8.72. The Hall–Kier alpha value is -2.97.